The normalized spacial score (nSPS) is 10.4. The fraction of sp³-hybridized carbons (Fsp3) is 0.133. The van der Waals surface area contributed by atoms with Crippen LogP contribution in [-0.4, -0.2) is 12.9 Å². The predicted molar refractivity (Wildman–Crippen MR) is 75.1 cm³/mol. The number of ether oxygens (including phenoxy) is 1. The minimum absolute atomic E-state index is 0.00197. The summed E-state index contributed by atoms with van der Waals surface area (Å²) in [4.78, 5) is 12.0. The maximum Gasteiger partial charge on any atom is 0.170 e. The summed E-state index contributed by atoms with van der Waals surface area (Å²) in [5.74, 6) is -1.21. The molecule has 0 N–H and O–H groups in total. The fourth-order valence-electron chi connectivity index (χ4n) is 1.76. The molecule has 2 nitrogen and oxygen atoms in total. The molecule has 0 aliphatic heterocycles. The molecular weight excluding hydrogens is 330 g/mol. The average molecular weight is 341 g/mol. The van der Waals surface area contributed by atoms with Crippen LogP contribution in [0.4, 0.5) is 8.78 Å². The molecule has 104 valence electrons. The molecule has 5 heteroatoms. The van der Waals surface area contributed by atoms with Gasteiger partial charge >= 0.3 is 0 Å². The van der Waals surface area contributed by atoms with Crippen molar-refractivity contribution in [2.45, 2.75) is 6.42 Å². The van der Waals surface area contributed by atoms with Gasteiger partial charge in [-0.05, 0) is 45.8 Å². The third kappa shape index (κ3) is 3.22. The number of carbonyl (C=O) groups excluding carboxylic acids is 1. The Balaban J connectivity index is 2.21. The van der Waals surface area contributed by atoms with E-state index >= 15 is 0 Å². The van der Waals surface area contributed by atoms with Crippen LogP contribution in [0.5, 0.6) is 5.75 Å². The van der Waals surface area contributed by atoms with Gasteiger partial charge in [-0.3, -0.25) is 4.79 Å². The lowest BCUT2D eigenvalue weighted by Crippen LogP contribution is -2.07. The van der Waals surface area contributed by atoms with Crippen molar-refractivity contribution in [3.63, 3.8) is 0 Å². The van der Waals surface area contributed by atoms with Crippen LogP contribution in [0.3, 0.4) is 0 Å². The average Bonchev–Trinajstić information content (AvgIpc) is 2.43. The van der Waals surface area contributed by atoms with Crippen molar-refractivity contribution in [2.75, 3.05) is 7.11 Å². The molecule has 0 aromatic heterocycles. The van der Waals surface area contributed by atoms with Crippen LogP contribution in [-0.2, 0) is 6.42 Å². The highest BCUT2D eigenvalue weighted by molar-refractivity contribution is 9.10. The Morgan fingerprint density at radius 1 is 1.15 bits per heavy atom. The lowest BCUT2D eigenvalue weighted by molar-refractivity contribution is 0.0988. The summed E-state index contributed by atoms with van der Waals surface area (Å²) in [5, 5.41) is 0. The van der Waals surface area contributed by atoms with E-state index in [1.807, 2.05) is 0 Å². The number of hydrogen-bond acceptors (Lipinski definition) is 2. The van der Waals surface area contributed by atoms with Gasteiger partial charge in [0, 0.05) is 6.42 Å². The highest BCUT2D eigenvalue weighted by Crippen LogP contribution is 2.21. The number of rotatable bonds is 4. The minimum atomic E-state index is -0.739. The Morgan fingerprint density at radius 3 is 2.40 bits per heavy atom. The van der Waals surface area contributed by atoms with Crippen molar-refractivity contribution < 1.29 is 18.3 Å². The quantitative estimate of drug-likeness (QED) is 0.617. The van der Waals surface area contributed by atoms with Crippen molar-refractivity contribution in [3.05, 3.63) is 63.6 Å². The molecule has 0 saturated heterocycles. The molecule has 0 heterocycles. The van der Waals surface area contributed by atoms with E-state index in [0.29, 0.717) is 11.3 Å². The zero-order valence-electron chi connectivity index (χ0n) is 10.6. The van der Waals surface area contributed by atoms with Crippen LogP contribution in [0.15, 0.2) is 40.9 Å². The lowest BCUT2D eigenvalue weighted by Gasteiger charge is -2.05. The predicted octanol–water partition coefficient (Wildman–Crippen LogP) is 4.16. The maximum atomic E-state index is 13.7. The number of carbonyl (C=O) groups is 1. The summed E-state index contributed by atoms with van der Waals surface area (Å²) >= 11 is 2.87. The van der Waals surface area contributed by atoms with Gasteiger partial charge < -0.3 is 4.74 Å². The second kappa shape index (κ2) is 6.13. The first kappa shape index (κ1) is 14.7. The second-order valence-corrected chi connectivity index (χ2v) is 5.05. The molecule has 0 unspecified atom stereocenters. The first-order valence-corrected chi connectivity index (χ1v) is 6.61. The van der Waals surface area contributed by atoms with E-state index in [4.69, 9.17) is 4.74 Å². The van der Waals surface area contributed by atoms with Gasteiger partial charge in [0.2, 0.25) is 0 Å². The van der Waals surface area contributed by atoms with Crippen molar-refractivity contribution in [3.8, 4) is 5.75 Å². The molecule has 0 saturated carbocycles. The maximum absolute atomic E-state index is 13.7. The van der Waals surface area contributed by atoms with Crippen molar-refractivity contribution in [1.82, 2.24) is 0 Å². The topological polar surface area (TPSA) is 26.3 Å². The van der Waals surface area contributed by atoms with Crippen LogP contribution in [0.1, 0.15) is 15.9 Å². The van der Waals surface area contributed by atoms with E-state index in [9.17, 15) is 13.6 Å². The van der Waals surface area contributed by atoms with Gasteiger partial charge in [-0.1, -0.05) is 12.1 Å². The zero-order valence-corrected chi connectivity index (χ0v) is 12.2. The number of Topliss-reactive ketones (excluding diaryl/α,β-unsaturated/α-hetero) is 1. The molecule has 0 aliphatic rings. The van der Waals surface area contributed by atoms with Gasteiger partial charge in [0.1, 0.15) is 17.4 Å². The molecule has 0 spiro atoms. The van der Waals surface area contributed by atoms with Gasteiger partial charge in [-0.15, -0.1) is 0 Å². The molecule has 20 heavy (non-hydrogen) atoms. The number of ketones is 1. The summed E-state index contributed by atoms with van der Waals surface area (Å²) in [6.45, 7) is 0. The largest absolute Gasteiger partial charge is 0.497 e. The van der Waals surface area contributed by atoms with E-state index in [0.717, 1.165) is 12.1 Å². The van der Waals surface area contributed by atoms with E-state index in [1.165, 1.54) is 0 Å². The highest BCUT2D eigenvalue weighted by atomic mass is 79.9. The SMILES string of the molecule is COc1ccc(CC(=O)c2cc(F)c(Br)cc2F)cc1. The van der Waals surface area contributed by atoms with E-state index in [-0.39, 0.29) is 16.5 Å². The number of halogens is 3. The molecule has 0 fully saturated rings. The van der Waals surface area contributed by atoms with Gasteiger partial charge in [0.05, 0.1) is 17.1 Å². The van der Waals surface area contributed by atoms with Crippen LogP contribution < -0.4 is 4.74 Å². The van der Waals surface area contributed by atoms with Crippen LogP contribution in [0.2, 0.25) is 0 Å². The van der Waals surface area contributed by atoms with Crippen LogP contribution in [0.25, 0.3) is 0 Å². The summed E-state index contributed by atoms with van der Waals surface area (Å²) in [6.07, 6.45) is 0.00197. The summed E-state index contributed by atoms with van der Waals surface area (Å²) in [5.41, 5.74) is 0.458. The van der Waals surface area contributed by atoms with Crippen molar-refractivity contribution in [2.24, 2.45) is 0 Å². The van der Waals surface area contributed by atoms with E-state index in [1.54, 1.807) is 31.4 Å². The molecule has 2 aromatic carbocycles. The second-order valence-electron chi connectivity index (χ2n) is 4.19. The highest BCUT2D eigenvalue weighted by Gasteiger charge is 2.15. The summed E-state index contributed by atoms with van der Waals surface area (Å²) < 4.78 is 32.0. The van der Waals surface area contributed by atoms with Crippen molar-refractivity contribution in [1.29, 1.82) is 0 Å². The van der Waals surface area contributed by atoms with E-state index in [2.05, 4.69) is 15.9 Å². The Bertz CT molecular complexity index is 639. The zero-order chi connectivity index (χ0) is 14.7. The van der Waals surface area contributed by atoms with Crippen molar-refractivity contribution >= 4 is 21.7 Å². The Labute approximate surface area is 123 Å². The van der Waals surface area contributed by atoms with Gasteiger partial charge in [-0.25, -0.2) is 8.78 Å². The first-order chi connectivity index (χ1) is 9.51. The Morgan fingerprint density at radius 2 is 1.80 bits per heavy atom. The third-order valence-electron chi connectivity index (χ3n) is 2.83. The van der Waals surface area contributed by atoms with Gasteiger partial charge in [-0.2, -0.15) is 0 Å². The molecule has 2 aromatic rings. The molecule has 0 aliphatic carbocycles. The summed E-state index contributed by atoms with van der Waals surface area (Å²) in [7, 11) is 1.54. The smallest absolute Gasteiger partial charge is 0.170 e. The molecule has 0 bridgehead atoms. The summed E-state index contributed by atoms with van der Waals surface area (Å²) in [6, 6.07) is 8.71. The van der Waals surface area contributed by atoms with Crippen LogP contribution >= 0.6 is 15.9 Å². The Kier molecular flexibility index (Phi) is 4.49. The minimum Gasteiger partial charge on any atom is -0.497 e. The van der Waals surface area contributed by atoms with Gasteiger partial charge in [0.15, 0.2) is 5.78 Å². The number of benzene rings is 2. The third-order valence-corrected chi connectivity index (χ3v) is 3.44. The molecule has 2 rings (SSSR count). The molecule has 0 amide bonds. The fourth-order valence-corrected chi connectivity index (χ4v) is 2.08. The Hall–Kier alpha value is -1.75. The van der Waals surface area contributed by atoms with E-state index < -0.39 is 17.4 Å². The van der Waals surface area contributed by atoms with Gasteiger partial charge in [0.25, 0.3) is 0 Å². The monoisotopic (exact) mass is 340 g/mol. The molecule has 0 atom stereocenters. The number of hydrogen-bond donors (Lipinski definition) is 0. The number of methoxy groups -OCH3 is 1. The lowest BCUT2D eigenvalue weighted by atomic mass is 10.0. The van der Waals surface area contributed by atoms with Crippen LogP contribution in [0, 0.1) is 11.6 Å². The molecular formula is C15H11BrF2O2. The molecule has 0 radical (unpaired) electrons. The first-order valence-electron chi connectivity index (χ1n) is 5.82. The standard InChI is InChI=1S/C15H11BrF2O2/c1-20-10-4-2-9(3-5-10)6-15(19)11-7-14(18)12(16)8-13(11)17/h2-5,7-8H,6H2,1H3.